The van der Waals surface area contributed by atoms with Crippen LogP contribution >= 0.6 is 15.9 Å². The summed E-state index contributed by atoms with van der Waals surface area (Å²) in [6, 6.07) is 6.00. The van der Waals surface area contributed by atoms with Crippen LogP contribution in [0, 0.1) is 0 Å². The van der Waals surface area contributed by atoms with E-state index in [9.17, 15) is 0 Å². The van der Waals surface area contributed by atoms with Crippen LogP contribution in [0.25, 0.3) is 0 Å². The third kappa shape index (κ3) is 4.51. The Morgan fingerprint density at radius 1 is 1.50 bits per heavy atom. The van der Waals surface area contributed by atoms with Gasteiger partial charge in [0.05, 0.1) is 17.2 Å². The quantitative estimate of drug-likeness (QED) is 0.844. The van der Waals surface area contributed by atoms with Crippen LogP contribution < -0.4 is 10.1 Å². The van der Waals surface area contributed by atoms with E-state index in [1.54, 1.807) is 6.92 Å². The van der Waals surface area contributed by atoms with Crippen LogP contribution in [0.15, 0.2) is 22.7 Å². The molecule has 0 bridgehead atoms. The summed E-state index contributed by atoms with van der Waals surface area (Å²) in [5.74, 6) is 0.863. The van der Waals surface area contributed by atoms with Crippen LogP contribution in [0.5, 0.6) is 5.75 Å². The molecular weight excluding hydrogens is 270 g/mol. The van der Waals surface area contributed by atoms with Crippen molar-refractivity contribution in [3.63, 3.8) is 0 Å². The van der Waals surface area contributed by atoms with Gasteiger partial charge in [0.1, 0.15) is 5.75 Å². The number of aliphatic hydroxyl groups excluding tert-OH is 1. The number of ether oxygens (including phenoxy) is 1. The number of hydrogen-bond acceptors (Lipinski definition) is 3. The Balaban J connectivity index is 2.52. The fourth-order valence-corrected chi connectivity index (χ4v) is 1.89. The lowest BCUT2D eigenvalue weighted by atomic mass is 10.2. The van der Waals surface area contributed by atoms with Crippen LogP contribution in [-0.2, 0) is 6.54 Å². The summed E-state index contributed by atoms with van der Waals surface area (Å²) in [5, 5.41) is 12.3. The Morgan fingerprint density at radius 3 is 2.81 bits per heavy atom. The molecule has 0 aliphatic rings. The lowest BCUT2D eigenvalue weighted by Gasteiger charge is -2.09. The summed E-state index contributed by atoms with van der Waals surface area (Å²) in [7, 11) is 0. The van der Waals surface area contributed by atoms with Crippen LogP contribution in [0.2, 0.25) is 0 Å². The maximum atomic E-state index is 9.11. The molecule has 1 aromatic rings. The van der Waals surface area contributed by atoms with E-state index >= 15 is 0 Å². The zero-order valence-corrected chi connectivity index (χ0v) is 11.3. The van der Waals surface area contributed by atoms with Gasteiger partial charge in [0.2, 0.25) is 0 Å². The van der Waals surface area contributed by atoms with Gasteiger partial charge >= 0.3 is 0 Å². The van der Waals surface area contributed by atoms with Crippen molar-refractivity contribution in [3.8, 4) is 5.75 Å². The summed E-state index contributed by atoms with van der Waals surface area (Å²) in [4.78, 5) is 0. The predicted molar refractivity (Wildman–Crippen MR) is 68.7 cm³/mol. The monoisotopic (exact) mass is 287 g/mol. The SMILES string of the molecule is CCOc1ccc(CNCC(C)O)cc1Br. The highest BCUT2D eigenvalue weighted by molar-refractivity contribution is 9.10. The maximum Gasteiger partial charge on any atom is 0.133 e. The molecule has 0 amide bonds. The molecule has 4 heteroatoms. The van der Waals surface area contributed by atoms with Crippen molar-refractivity contribution in [2.24, 2.45) is 0 Å². The smallest absolute Gasteiger partial charge is 0.133 e. The molecule has 0 heterocycles. The minimum Gasteiger partial charge on any atom is -0.493 e. The van der Waals surface area contributed by atoms with Gasteiger partial charge in [-0.1, -0.05) is 6.07 Å². The van der Waals surface area contributed by atoms with E-state index in [0.29, 0.717) is 13.2 Å². The minimum absolute atomic E-state index is 0.314. The fourth-order valence-electron chi connectivity index (χ4n) is 1.35. The van der Waals surface area contributed by atoms with Gasteiger partial charge in [-0.15, -0.1) is 0 Å². The highest BCUT2D eigenvalue weighted by Crippen LogP contribution is 2.25. The van der Waals surface area contributed by atoms with Crippen molar-refractivity contribution in [3.05, 3.63) is 28.2 Å². The van der Waals surface area contributed by atoms with Crippen molar-refractivity contribution in [2.75, 3.05) is 13.2 Å². The molecule has 3 nitrogen and oxygen atoms in total. The fraction of sp³-hybridized carbons (Fsp3) is 0.500. The van der Waals surface area contributed by atoms with Crippen LogP contribution in [0.1, 0.15) is 19.4 Å². The van der Waals surface area contributed by atoms with Gasteiger partial charge in [-0.2, -0.15) is 0 Å². The van der Waals surface area contributed by atoms with Crippen molar-refractivity contribution in [2.45, 2.75) is 26.5 Å². The van der Waals surface area contributed by atoms with Crippen molar-refractivity contribution >= 4 is 15.9 Å². The molecule has 0 aromatic heterocycles. The second-order valence-corrected chi connectivity index (χ2v) is 4.53. The van der Waals surface area contributed by atoms with Crippen molar-refractivity contribution in [1.29, 1.82) is 0 Å². The topological polar surface area (TPSA) is 41.5 Å². The van der Waals surface area contributed by atoms with Gasteiger partial charge in [0.15, 0.2) is 0 Å². The number of halogens is 1. The second-order valence-electron chi connectivity index (χ2n) is 3.68. The zero-order valence-electron chi connectivity index (χ0n) is 9.66. The Bertz CT molecular complexity index is 329. The average molecular weight is 288 g/mol. The summed E-state index contributed by atoms with van der Waals surface area (Å²) in [6.45, 7) is 5.74. The van der Waals surface area contributed by atoms with E-state index in [2.05, 4.69) is 21.2 Å². The van der Waals surface area contributed by atoms with E-state index in [1.807, 2.05) is 25.1 Å². The Hall–Kier alpha value is -0.580. The van der Waals surface area contributed by atoms with E-state index in [4.69, 9.17) is 9.84 Å². The van der Waals surface area contributed by atoms with Gasteiger partial charge in [-0.05, 0) is 47.5 Å². The van der Waals surface area contributed by atoms with Crippen LogP contribution in [0.4, 0.5) is 0 Å². The van der Waals surface area contributed by atoms with E-state index < -0.39 is 0 Å². The molecule has 1 rings (SSSR count). The first-order valence-corrected chi connectivity index (χ1v) is 6.22. The van der Waals surface area contributed by atoms with Crippen molar-refractivity contribution < 1.29 is 9.84 Å². The van der Waals surface area contributed by atoms with Gasteiger partial charge < -0.3 is 15.2 Å². The number of hydrogen-bond donors (Lipinski definition) is 2. The summed E-state index contributed by atoms with van der Waals surface area (Å²) in [6.07, 6.45) is -0.314. The van der Waals surface area contributed by atoms with Crippen LogP contribution in [0.3, 0.4) is 0 Å². The Kier molecular flexibility index (Phi) is 5.80. The van der Waals surface area contributed by atoms with Gasteiger partial charge in [0, 0.05) is 13.1 Å². The highest BCUT2D eigenvalue weighted by Gasteiger charge is 2.02. The third-order valence-electron chi connectivity index (χ3n) is 2.07. The number of aliphatic hydroxyl groups is 1. The molecule has 0 fully saturated rings. The standard InChI is InChI=1S/C12H18BrNO2/c1-3-16-12-5-4-10(6-11(12)13)8-14-7-9(2)15/h4-6,9,14-15H,3,7-8H2,1-2H3. The molecule has 1 unspecified atom stereocenters. The molecule has 1 atom stereocenters. The second kappa shape index (κ2) is 6.89. The molecular formula is C12H18BrNO2. The molecule has 2 N–H and O–H groups in total. The zero-order chi connectivity index (χ0) is 12.0. The largest absolute Gasteiger partial charge is 0.493 e. The molecule has 0 radical (unpaired) electrons. The maximum absolute atomic E-state index is 9.11. The Labute approximate surface area is 105 Å². The summed E-state index contributed by atoms with van der Waals surface area (Å²) >= 11 is 3.47. The van der Waals surface area contributed by atoms with Crippen LogP contribution in [-0.4, -0.2) is 24.4 Å². The molecule has 16 heavy (non-hydrogen) atoms. The van der Waals surface area contributed by atoms with Crippen molar-refractivity contribution in [1.82, 2.24) is 5.32 Å². The molecule has 0 saturated heterocycles. The number of benzene rings is 1. The first-order chi connectivity index (χ1) is 7.63. The predicted octanol–water partition coefficient (Wildman–Crippen LogP) is 2.32. The number of nitrogens with one attached hydrogen (secondary N) is 1. The molecule has 0 spiro atoms. The molecule has 0 aliphatic carbocycles. The highest BCUT2D eigenvalue weighted by atomic mass is 79.9. The summed E-state index contributed by atoms with van der Waals surface area (Å²) in [5.41, 5.74) is 1.16. The van der Waals surface area contributed by atoms with Gasteiger partial charge in [-0.3, -0.25) is 0 Å². The van der Waals surface area contributed by atoms with E-state index in [0.717, 1.165) is 22.3 Å². The number of rotatable bonds is 6. The lowest BCUT2D eigenvalue weighted by molar-refractivity contribution is 0.191. The first kappa shape index (κ1) is 13.5. The summed E-state index contributed by atoms with van der Waals surface area (Å²) < 4.78 is 6.39. The van der Waals surface area contributed by atoms with E-state index in [1.165, 1.54) is 0 Å². The molecule has 0 saturated carbocycles. The molecule has 1 aromatic carbocycles. The Morgan fingerprint density at radius 2 is 2.25 bits per heavy atom. The lowest BCUT2D eigenvalue weighted by Crippen LogP contribution is -2.23. The van der Waals surface area contributed by atoms with E-state index in [-0.39, 0.29) is 6.10 Å². The average Bonchev–Trinajstić information content (AvgIpc) is 2.21. The molecule has 90 valence electrons. The van der Waals surface area contributed by atoms with Gasteiger partial charge in [-0.25, -0.2) is 0 Å². The normalized spacial score (nSPS) is 12.5. The van der Waals surface area contributed by atoms with Gasteiger partial charge in [0.25, 0.3) is 0 Å². The third-order valence-corrected chi connectivity index (χ3v) is 2.68. The molecule has 0 aliphatic heterocycles. The first-order valence-electron chi connectivity index (χ1n) is 5.43. The minimum atomic E-state index is -0.314.